The van der Waals surface area contributed by atoms with Gasteiger partial charge in [0, 0.05) is 32.0 Å². The van der Waals surface area contributed by atoms with Crippen LogP contribution in [-0.4, -0.2) is 74.6 Å². The zero-order valence-electron chi connectivity index (χ0n) is 20.4. The number of sulfonamides is 1. The van der Waals surface area contributed by atoms with Gasteiger partial charge in [0.2, 0.25) is 15.9 Å². The van der Waals surface area contributed by atoms with Gasteiger partial charge in [-0.25, -0.2) is 8.42 Å². The fourth-order valence-electron chi connectivity index (χ4n) is 4.07. The van der Waals surface area contributed by atoms with Crippen LogP contribution in [0.2, 0.25) is 0 Å². The molecule has 34 heavy (non-hydrogen) atoms. The van der Waals surface area contributed by atoms with Crippen molar-refractivity contribution in [3.63, 3.8) is 0 Å². The molecule has 0 aliphatic carbocycles. The van der Waals surface area contributed by atoms with Crippen molar-refractivity contribution in [1.29, 1.82) is 0 Å². The predicted octanol–water partition coefficient (Wildman–Crippen LogP) is 3.00. The molecule has 0 unspecified atom stereocenters. The van der Waals surface area contributed by atoms with Gasteiger partial charge in [0.05, 0.1) is 20.3 Å². The molecule has 0 saturated carbocycles. The van der Waals surface area contributed by atoms with E-state index in [1.54, 1.807) is 51.1 Å². The summed E-state index contributed by atoms with van der Waals surface area (Å²) in [5.41, 5.74) is 1.63. The summed E-state index contributed by atoms with van der Waals surface area (Å²) in [5, 5.41) is 9.77. The predicted molar refractivity (Wildman–Crippen MR) is 130 cm³/mol. The lowest BCUT2D eigenvalue weighted by molar-refractivity contribution is -0.131. The Balaban J connectivity index is 2.12. The molecule has 186 valence electrons. The number of likely N-dealkylation sites (N-methyl/N-ethyl adjacent to an activating group) is 1. The van der Waals surface area contributed by atoms with E-state index in [1.165, 1.54) is 4.31 Å². The molecule has 0 aromatic heterocycles. The van der Waals surface area contributed by atoms with E-state index in [4.69, 9.17) is 9.47 Å². The number of nitrogens with zero attached hydrogens (tertiary/aromatic N) is 2. The third-order valence-corrected chi connectivity index (χ3v) is 8.27. The third kappa shape index (κ3) is 5.37. The van der Waals surface area contributed by atoms with E-state index < -0.39 is 22.2 Å². The van der Waals surface area contributed by atoms with Crippen LogP contribution in [0.1, 0.15) is 27.2 Å². The Morgan fingerprint density at radius 3 is 2.62 bits per heavy atom. The number of aliphatic hydroxyl groups is 1. The quantitative estimate of drug-likeness (QED) is 0.641. The number of benzene rings is 2. The molecule has 3 atom stereocenters. The molecule has 2 aromatic carbocycles. The summed E-state index contributed by atoms with van der Waals surface area (Å²) >= 11 is 0. The minimum Gasteiger partial charge on any atom is -0.497 e. The Hall–Kier alpha value is -2.62. The molecule has 1 aliphatic rings. The number of hydrogen-bond donors (Lipinski definition) is 1. The molecular weight excluding hydrogens is 456 g/mol. The van der Waals surface area contributed by atoms with Gasteiger partial charge in [-0.3, -0.25) is 4.79 Å². The van der Waals surface area contributed by atoms with E-state index in [0.29, 0.717) is 18.7 Å². The number of methoxy groups -OCH3 is 1. The second-order valence-electron chi connectivity index (χ2n) is 8.76. The molecule has 1 amide bonds. The van der Waals surface area contributed by atoms with Crippen LogP contribution in [0.3, 0.4) is 0 Å². The Bertz CT molecular complexity index is 1120. The van der Waals surface area contributed by atoms with Crippen molar-refractivity contribution in [1.82, 2.24) is 9.21 Å². The molecule has 0 radical (unpaired) electrons. The third-order valence-electron chi connectivity index (χ3n) is 6.25. The monoisotopic (exact) mass is 490 g/mol. The van der Waals surface area contributed by atoms with Gasteiger partial charge in [0.1, 0.15) is 22.5 Å². The topological polar surface area (TPSA) is 96.4 Å². The SMILES string of the molecule is CCC(=O)N(C)C[C@@H]1Oc2cc(-c3cccc(OC)c3)ccc2S(=O)(=O)N([C@@H](C)CO)C[C@H]1C. The number of hydrogen-bond acceptors (Lipinski definition) is 6. The van der Waals surface area contributed by atoms with Gasteiger partial charge in [-0.05, 0) is 42.3 Å². The number of carbonyl (C=O) groups is 1. The Kier molecular flexibility index (Phi) is 8.22. The second-order valence-corrected chi connectivity index (χ2v) is 10.6. The average Bonchev–Trinajstić information content (AvgIpc) is 2.84. The number of fused-ring (bicyclic) bond motifs is 1. The maximum atomic E-state index is 13.6. The van der Waals surface area contributed by atoms with Gasteiger partial charge in [-0.1, -0.05) is 32.0 Å². The molecular formula is C25H34N2O6S. The first-order chi connectivity index (χ1) is 16.1. The van der Waals surface area contributed by atoms with Crippen LogP contribution < -0.4 is 9.47 Å². The summed E-state index contributed by atoms with van der Waals surface area (Å²) in [5.74, 6) is 0.664. The maximum absolute atomic E-state index is 13.6. The van der Waals surface area contributed by atoms with Crippen LogP contribution in [0.25, 0.3) is 11.1 Å². The summed E-state index contributed by atoms with van der Waals surface area (Å²) in [6.45, 7) is 5.56. The molecule has 0 spiro atoms. The van der Waals surface area contributed by atoms with Crippen LogP contribution in [0, 0.1) is 5.92 Å². The minimum atomic E-state index is -3.93. The first-order valence-corrected chi connectivity index (χ1v) is 12.9. The number of carbonyl (C=O) groups excluding carboxylic acids is 1. The van der Waals surface area contributed by atoms with Gasteiger partial charge in [-0.15, -0.1) is 0 Å². The van der Waals surface area contributed by atoms with E-state index in [0.717, 1.165) is 11.1 Å². The van der Waals surface area contributed by atoms with Crippen molar-refractivity contribution in [2.24, 2.45) is 5.92 Å². The largest absolute Gasteiger partial charge is 0.497 e. The molecule has 8 nitrogen and oxygen atoms in total. The van der Waals surface area contributed by atoms with Gasteiger partial charge in [-0.2, -0.15) is 4.31 Å². The van der Waals surface area contributed by atoms with Crippen LogP contribution in [0.5, 0.6) is 11.5 Å². The maximum Gasteiger partial charge on any atom is 0.247 e. The van der Waals surface area contributed by atoms with Crippen molar-refractivity contribution in [2.75, 3.05) is 33.9 Å². The number of amides is 1. The van der Waals surface area contributed by atoms with Crippen molar-refractivity contribution in [3.8, 4) is 22.6 Å². The number of aliphatic hydroxyl groups excluding tert-OH is 1. The molecule has 2 aromatic rings. The molecule has 0 bridgehead atoms. The smallest absolute Gasteiger partial charge is 0.247 e. The lowest BCUT2D eigenvalue weighted by Crippen LogP contribution is -2.50. The Morgan fingerprint density at radius 2 is 1.97 bits per heavy atom. The van der Waals surface area contributed by atoms with Gasteiger partial charge < -0.3 is 19.5 Å². The van der Waals surface area contributed by atoms with E-state index in [2.05, 4.69) is 0 Å². The van der Waals surface area contributed by atoms with E-state index in [-0.39, 0.29) is 35.6 Å². The van der Waals surface area contributed by atoms with Gasteiger partial charge in [0.25, 0.3) is 0 Å². The van der Waals surface area contributed by atoms with Crippen molar-refractivity contribution < 1.29 is 27.8 Å². The molecule has 0 saturated heterocycles. The summed E-state index contributed by atoms with van der Waals surface area (Å²) in [7, 11) is -0.618. The average molecular weight is 491 g/mol. The Morgan fingerprint density at radius 1 is 1.26 bits per heavy atom. The molecule has 1 heterocycles. The van der Waals surface area contributed by atoms with Crippen LogP contribution in [0.15, 0.2) is 47.4 Å². The van der Waals surface area contributed by atoms with E-state index in [9.17, 15) is 18.3 Å². The summed E-state index contributed by atoms with van der Waals surface area (Å²) in [4.78, 5) is 13.9. The molecule has 1 N–H and O–H groups in total. The van der Waals surface area contributed by atoms with Crippen LogP contribution in [-0.2, 0) is 14.8 Å². The lowest BCUT2D eigenvalue weighted by atomic mass is 10.0. The Labute approximate surface area is 202 Å². The molecule has 9 heteroatoms. The van der Waals surface area contributed by atoms with Crippen molar-refractivity contribution in [2.45, 2.75) is 44.2 Å². The van der Waals surface area contributed by atoms with Crippen LogP contribution in [0.4, 0.5) is 0 Å². The highest BCUT2D eigenvalue weighted by molar-refractivity contribution is 7.89. The highest BCUT2D eigenvalue weighted by atomic mass is 32.2. The van der Waals surface area contributed by atoms with E-state index in [1.807, 2.05) is 31.2 Å². The number of rotatable bonds is 7. The van der Waals surface area contributed by atoms with Crippen molar-refractivity contribution >= 4 is 15.9 Å². The zero-order chi connectivity index (χ0) is 25.0. The molecule has 1 aliphatic heterocycles. The summed E-state index contributed by atoms with van der Waals surface area (Å²) in [6, 6.07) is 11.9. The summed E-state index contributed by atoms with van der Waals surface area (Å²) in [6.07, 6.45) is -0.0698. The normalized spacial score (nSPS) is 20.9. The van der Waals surface area contributed by atoms with Gasteiger partial charge >= 0.3 is 0 Å². The summed E-state index contributed by atoms with van der Waals surface area (Å²) < 4.78 is 40.2. The van der Waals surface area contributed by atoms with Crippen LogP contribution >= 0.6 is 0 Å². The fraction of sp³-hybridized carbons (Fsp3) is 0.480. The minimum absolute atomic E-state index is 0.0172. The zero-order valence-corrected chi connectivity index (χ0v) is 21.2. The standard InChI is InChI=1S/C25H34N2O6S/c1-6-25(29)26(4)15-23-17(2)14-27(18(3)16-28)34(30,31)24-11-10-20(13-22(24)33-23)19-8-7-9-21(12-19)32-5/h7-13,17-18,23,28H,6,14-16H2,1-5H3/t17-,18+,23+/m1/s1. The highest BCUT2D eigenvalue weighted by Crippen LogP contribution is 2.37. The second kappa shape index (κ2) is 10.8. The molecule has 0 fully saturated rings. The highest BCUT2D eigenvalue weighted by Gasteiger charge is 2.38. The fourth-order valence-corrected chi connectivity index (χ4v) is 5.89. The first kappa shape index (κ1) is 26.0. The first-order valence-electron chi connectivity index (χ1n) is 11.4. The van der Waals surface area contributed by atoms with Crippen molar-refractivity contribution in [3.05, 3.63) is 42.5 Å². The van der Waals surface area contributed by atoms with Gasteiger partial charge in [0.15, 0.2) is 0 Å². The lowest BCUT2D eigenvalue weighted by Gasteiger charge is -2.37. The molecule has 3 rings (SSSR count). The number of ether oxygens (including phenoxy) is 2. The van der Waals surface area contributed by atoms with E-state index >= 15 is 0 Å².